The van der Waals surface area contributed by atoms with Crippen molar-refractivity contribution in [1.82, 2.24) is 9.80 Å². The van der Waals surface area contributed by atoms with Crippen molar-refractivity contribution < 1.29 is 12.4 Å². The highest BCUT2D eigenvalue weighted by molar-refractivity contribution is 7.99. The molecule has 0 N–H and O–H groups in total. The summed E-state index contributed by atoms with van der Waals surface area (Å²) in [7, 11) is 0. The lowest BCUT2D eigenvalue weighted by Gasteiger charge is -2.39. The first-order valence-electron chi connectivity index (χ1n) is 9.12. The van der Waals surface area contributed by atoms with Crippen LogP contribution in [0.5, 0.6) is 0 Å². The third-order valence-corrected chi connectivity index (χ3v) is 6.43. The Labute approximate surface area is 162 Å². The zero-order valence-corrected chi connectivity index (χ0v) is 16.2. The highest BCUT2D eigenvalue weighted by Gasteiger charge is 2.27. The van der Waals surface area contributed by atoms with Crippen molar-refractivity contribution in [1.29, 1.82) is 0 Å². The lowest BCUT2D eigenvalue weighted by molar-refractivity contribution is -0.00000483. The van der Waals surface area contributed by atoms with E-state index in [-0.39, 0.29) is 12.4 Å². The summed E-state index contributed by atoms with van der Waals surface area (Å²) in [5.74, 6) is 1.27. The second kappa shape index (κ2) is 9.09. The Morgan fingerprint density at radius 2 is 1.60 bits per heavy atom. The van der Waals surface area contributed by atoms with E-state index < -0.39 is 0 Å². The molecular formula is C21H26ClN2S-. The van der Waals surface area contributed by atoms with Crippen LogP contribution in [0.2, 0.25) is 0 Å². The van der Waals surface area contributed by atoms with Gasteiger partial charge in [-0.15, -0.1) is 11.8 Å². The Hall–Kier alpha value is -1.00. The maximum Gasteiger partial charge on any atom is 0.0360 e. The minimum atomic E-state index is 0. The average Bonchev–Trinajstić information content (AvgIpc) is 2.86. The van der Waals surface area contributed by atoms with Gasteiger partial charge in [-0.25, -0.2) is 0 Å². The molecule has 1 fully saturated rings. The summed E-state index contributed by atoms with van der Waals surface area (Å²) in [5, 5.41) is 0. The van der Waals surface area contributed by atoms with E-state index in [4.69, 9.17) is 0 Å². The molecule has 0 spiro atoms. The number of halogens is 1. The molecule has 2 aromatic rings. The van der Waals surface area contributed by atoms with Crippen LogP contribution in [0.4, 0.5) is 0 Å². The fraction of sp³-hybridized carbons (Fsp3) is 0.429. The van der Waals surface area contributed by atoms with Crippen LogP contribution in [0.15, 0.2) is 59.5 Å². The van der Waals surface area contributed by atoms with Gasteiger partial charge in [0.25, 0.3) is 0 Å². The van der Waals surface area contributed by atoms with E-state index in [2.05, 4.69) is 64.4 Å². The lowest BCUT2D eigenvalue weighted by atomic mass is 9.99. The van der Waals surface area contributed by atoms with Crippen molar-refractivity contribution in [2.24, 2.45) is 0 Å². The second-order valence-corrected chi connectivity index (χ2v) is 7.98. The van der Waals surface area contributed by atoms with Crippen LogP contribution in [0, 0.1) is 0 Å². The van der Waals surface area contributed by atoms with Crippen LogP contribution in [-0.2, 0) is 6.54 Å². The number of hydrogen-bond acceptors (Lipinski definition) is 3. The summed E-state index contributed by atoms with van der Waals surface area (Å²) >= 11 is 2.04. The van der Waals surface area contributed by atoms with Crippen LogP contribution in [-0.4, -0.2) is 41.7 Å². The van der Waals surface area contributed by atoms with Crippen molar-refractivity contribution in [2.75, 3.05) is 31.9 Å². The van der Waals surface area contributed by atoms with Gasteiger partial charge < -0.3 is 12.4 Å². The molecule has 1 unspecified atom stereocenters. The van der Waals surface area contributed by atoms with Gasteiger partial charge in [0, 0.05) is 43.7 Å². The number of piperazine rings is 1. The molecule has 2 nitrogen and oxygen atoms in total. The fourth-order valence-corrected chi connectivity index (χ4v) is 5.03. The summed E-state index contributed by atoms with van der Waals surface area (Å²) in [6, 6.07) is 20.6. The summed E-state index contributed by atoms with van der Waals surface area (Å²) in [5.41, 5.74) is 3.00. The van der Waals surface area contributed by atoms with Gasteiger partial charge in [0.05, 0.1) is 0 Å². The molecule has 0 radical (unpaired) electrons. The van der Waals surface area contributed by atoms with Crippen molar-refractivity contribution in [3.63, 3.8) is 0 Å². The third-order valence-electron chi connectivity index (χ3n) is 5.25. The summed E-state index contributed by atoms with van der Waals surface area (Å²) in [6.07, 6.45) is 2.64. The molecule has 0 saturated carbocycles. The molecular weight excluding hydrogens is 348 g/mol. The van der Waals surface area contributed by atoms with E-state index in [0.29, 0.717) is 6.04 Å². The highest BCUT2D eigenvalue weighted by atomic mass is 35.5. The van der Waals surface area contributed by atoms with Crippen LogP contribution in [0.25, 0.3) is 0 Å². The topological polar surface area (TPSA) is 6.48 Å². The maximum absolute atomic E-state index is 2.73. The van der Waals surface area contributed by atoms with Gasteiger partial charge in [-0.05, 0) is 35.8 Å². The zero-order chi connectivity index (χ0) is 16.2. The molecule has 2 aliphatic rings. The van der Waals surface area contributed by atoms with Crippen LogP contribution in [0.3, 0.4) is 0 Å². The molecule has 4 rings (SSSR count). The molecule has 0 amide bonds. The normalized spacial score (nSPS) is 21.8. The molecule has 2 aliphatic heterocycles. The second-order valence-electron chi connectivity index (χ2n) is 6.84. The van der Waals surface area contributed by atoms with Crippen LogP contribution >= 0.6 is 11.8 Å². The summed E-state index contributed by atoms with van der Waals surface area (Å²) < 4.78 is 0. The maximum atomic E-state index is 2.73. The minimum absolute atomic E-state index is 0. The van der Waals surface area contributed by atoms with Gasteiger partial charge in [0.2, 0.25) is 0 Å². The predicted molar refractivity (Wildman–Crippen MR) is 102 cm³/mol. The first-order chi connectivity index (χ1) is 11.9. The smallest absolute Gasteiger partial charge is 0.0360 e. The van der Waals surface area contributed by atoms with Crippen molar-refractivity contribution >= 4 is 11.8 Å². The zero-order valence-electron chi connectivity index (χ0n) is 14.6. The number of fused-ring (bicyclic) bond motifs is 1. The monoisotopic (exact) mass is 373 g/mol. The molecule has 0 bridgehead atoms. The van der Waals surface area contributed by atoms with Gasteiger partial charge in [-0.1, -0.05) is 48.5 Å². The molecule has 4 heteroatoms. The van der Waals surface area contributed by atoms with Crippen LogP contribution in [0.1, 0.15) is 30.0 Å². The lowest BCUT2D eigenvalue weighted by Crippen LogP contribution is -3.00. The number of nitrogens with zero attached hydrogens (tertiary/aromatic N) is 2. The molecule has 134 valence electrons. The molecule has 1 atom stereocenters. The van der Waals surface area contributed by atoms with E-state index in [0.717, 1.165) is 6.54 Å². The number of hydrogen-bond donors (Lipinski definition) is 0. The number of thioether (sulfide) groups is 1. The van der Waals surface area contributed by atoms with Gasteiger partial charge in [0.15, 0.2) is 0 Å². The van der Waals surface area contributed by atoms with E-state index >= 15 is 0 Å². The molecule has 2 heterocycles. The standard InChI is InChI=1S/C21H26N2S.ClH/c1-2-7-18(8-3-1)17-22-12-14-23(15-13-22)20-10-6-16-24-21-11-5-4-9-19(20)21;/h1-5,7-9,11,20H,6,10,12-17H2;1H/p-1. The Balaban J connectivity index is 0.00000182. The van der Waals surface area contributed by atoms with E-state index in [9.17, 15) is 0 Å². The molecule has 25 heavy (non-hydrogen) atoms. The van der Waals surface area contributed by atoms with Crippen molar-refractivity contribution in [3.05, 3.63) is 65.7 Å². The third kappa shape index (κ3) is 4.59. The fourth-order valence-electron chi connectivity index (χ4n) is 3.96. The molecule has 0 aromatic heterocycles. The predicted octanol–water partition coefficient (Wildman–Crippen LogP) is 1.44. The van der Waals surface area contributed by atoms with E-state index in [1.54, 1.807) is 5.56 Å². The van der Waals surface area contributed by atoms with Gasteiger partial charge >= 0.3 is 0 Å². The van der Waals surface area contributed by atoms with Gasteiger partial charge in [-0.2, -0.15) is 0 Å². The Bertz CT molecular complexity index is 656. The van der Waals surface area contributed by atoms with Gasteiger partial charge in [0.1, 0.15) is 0 Å². The van der Waals surface area contributed by atoms with Crippen molar-refractivity contribution in [3.8, 4) is 0 Å². The van der Waals surface area contributed by atoms with Crippen molar-refractivity contribution in [2.45, 2.75) is 30.3 Å². The van der Waals surface area contributed by atoms with E-state index in [1.807, 2.05) is 11.8 Å². The minimum Gasteiger partial charge on any atom is -1.00 e. The number of rotatable bonds is 3. The summed E-state index contributed by atoms with van der Waals surface area (Å²) in [4.78, 5) is 6.83. The number of benzene rings is 2. The molecule has 1 saturated heterocycles. The first kappa shape index (κ1) is 18.8. The molecule has 2 aromatic carbocycles. The Morgan fingerprint density at radius 1 is 0.880 bits per heavy atom. The summed E-state index contributed by atoms with van der Waals surface area (Å²) in [6.45, 7) is 5.83. The Morgan fingerprint density at radius 3 is 2.40 bits per heavy atom. The first-order valence-corrected chi connectivity index (χ1v) is 10.1. The van der Waals surface area contributed by atoms with E-state index in [1.165, 1.54) is 55.2 Å². The Kier molecular flexibility index (Phi) is 6.83. The van der Waals surface area contributed by atoms with Crippen LogP contribution < -0.4 is 12.4 Å². The molecule has 0 aliphatic carbocycles. The highest BCUT2D eigenvalue weighted by Crippen LogP contribution is 2.38. The van der Waals surface area contributed by atoms with Gasteiger partial charge in [-0.3, -0.25) is 9.80 Å². The average molecular weight is 374 g/mol. The quantitative estimate of drug-likeness (QED) is 0.803. The SMILES string of the molecule is [Cl-].c1ccc(CN2CCN(C3CCCSc4ccccc43)CC2)cc1. The largest absolute Gasteiger partial charge is 1.00 e.